The number of ether oxygens (including phenoxy) is 2. The van der Waals surface area contributed by atoms with Crippen LogP contribution in [0.5, 0.6) is 23.0 Å². The fourth-order valence-electron chi connectivity index (χ4n) is 7.32. The lowest BCUT2D eigenvalue weighted by molar-refractivity contribution is -0.276. The average molecular weight is 1000 g/mol. The number of aromatic hydroxyl groups is 2. The zero-order valence-electron chi connectivity index (χ0n) is 34.1. The lowest BCUT2D eigenvalue weighted by Crippen LogP contribution is -2.33. The van der Waals surface area contributed by atoms with Crippen LogP contribution in [0.4, 0.5) is 52.7 Å². The number of hydrogen-bond donors (Lipinski definition) is 4. The van der Waals surface area contributed by atoms with Crippen molar-refractivity contribution < 1.29 is 82.4 Å². The fourth-order valence-corrected chi connectivity index (χ4v) is 7.62. The molecule has 6 rings (SSSR count). The zero-order chi connectivity index (χ0) is 47.7. The Kier molecular flexibility index (Phi) is 19.8. The number of alkyl halides is 6. The molecule has 0 saturated carbocycles. The molecular formula is C45H46BBrF12O6. The van der Waals surface area contributed by atoms with E-state index in [-0.39, 0.29) is 23.0 Å². The molecule has 2 atom stereocenters. The molecule has 0 bridgehead atoms. The summed E-state index contributed by atoms with van der Waals surface area (Å²) in [6.45, 7) is 4.24. The molecular weight excluding hydrogens is 955 g/mol. The van der Waals surface area contributed by atoms with Crippen molar-refractivity contribution >= 4 is 39.7 Å². The standard InChI is InChI=1S/C22H20F6O2.C15H19BF2O2.C7H3BrF4O2.CH4/c1-2-3-12-4-6-13(7-5-12)14-8-9-15(19(24)18(14)23)16-10-11-17(20(25)21(16)29)30-22(26,27)28;1-2-3-10-4-6-11(7-5-10)12-8-9-13(16(19)20)15(18)14(12)17;8-3-1-2-4(5(9)6(3)13)14-7(10,11)12;/h6,8-12,29H,2-5,7H2,1H3;6,8-10,19-20H,2-5,7H2,1H3;1-2,13H;1H4. The van der Waals surface area contributed by atoms with Crippen molar-refractivity contribution in [2.24, 2.45) is 11.8 Å². The number of benzene rings is 4. The zero-order valence-corrected chi connectivity index (χ0v) is 35.7. The van der Waals surface area contributed by atoms with Gasteiger partial charge >= 0.3 is 19.8 Å². The molecule has 4 aromatic carbocycles. The molecule has 6 nitrogen and oxygen atoms in total. The van der Waals surface area contributed by atoms with E-state index in [1.807, 2.05) is 12.2 Å². The summed E-state index contributed by atoms with van der Waals surface area (Å²) in [5.41, 5.74) is 0.441. The number of hydrogen-bond acceptors (Lipinski definition) is 6. The van der Waals surface area contributed by atoms with Gasteiger partial charge in [0.1, 0.15) is 0 Å². The second kappa shape index (κ2) is 23.6. The fraction of sp³-hybridized carbons (Fsp3) is 0.378. The Labute approximate surface area is 376 Å². The highest BCUT2D eigenvalue weighted by molar-refractivity contribution is 9.10. The molecule has 2 unspecified atom stereocenters. The highest BCUT2D eigenvalue weighted by Gasteiger charge is 2.35. The van der Waals surface area contributed by atoms with Crippen LogP contribution in [0.3, 0.4) is 0 Å². The molecule has 2 aliphatic rings. The first-order valence-electron chi connectivity index (χ1n) is 19.9. The SMILES string of the molecule is C.CCCC1CC=C(c2ccc(-c3ccc(OC(F)(F)F)c(F)c3O)c(F)c2F)CC1.CCCC1CC=C(c2ccc(B(O)O)c(F)c2F)CC1.Oc1c(Br)ccc(OC(F)(F)F)c1F. The van der Waals surface area contributed by atoms with Crippen LogP contribution in [-0.4, -0.2) is 40.1 Å². The Hall–Kier alpha value is -4.82. The molecule has 356 valence electrons. The van der Waals surface area contributed by atoms with E-state index >= 15 is 0 Å². The number of phenolic OH excluding ortho intramolecular Hbond substituents is 2. The predicted molar refractivity (Wildman–Crippen MR) is 226 cm³/mol. The van der Waals surface area contributed by atoms with Crippen LogP contribution in [0.25, 0.3) is 22.3 Å². The molecule has 0 radical (unpaired) electrons. The summed E-state index contributed by atoms with van der Waals surface area (Å²) < 4.78 is 163. The second-order valence-corrected chi connectivity index (χ2v) is 15.7. The maximum Gasteiger partial charge on any atom is 0.573 e. The van der Waals surface area contributed by atoms with Gasteiger partial charge in [-0.1, -0.05) is 83.4 Å². The van der Waals surface area contributed by atoms with E-state index in [1.54, 1.807) is 0 Å². The third-order valence-corrected chi connectivity index (χ3v) is 11.1. The second-order valence-electron chi connectivity index (χ2n) is 14.9. The lowest BCUT2D eigenvalue weighted by atomic mass is 9.78. The first-order chi connectivity index (χ1) is 30.0. The highest BCUT2D eigenvalue weighted by Crippen LogP contribution is 2.42. The van der Waals surface area contributed by atoms with Gasteiger partial charge in [-0.2, -0.15) is 8.78 Å². The molecule has 0 amide bonds. The quantitative estimate of drug-likeness (QED) is 0.0933. The van der Waals surface area contributed by atoms with E-state index in [0.29, 0.717) is 29.9 Å². The largest absolute Gasteiger partial charge is 0.573 e. The van der Waals surface area contributed by atoms with Crippen molar-refractivity contribution in [2.45, 2.75) is 98.2 Å². The van der Waals surface area contributed by atoms with Crippen LogP contribution in [0.1, 0.15) is 96.6 Å². The molecule has 65 heavy (non-hydrogen) atoms. The molecule has 0 fully saturated rings. The molecule has 0 aromatic heterocycles. The molecule has 0 spiro atoms. The Balaban J connectivity index is 0.000000277. The summed E-state index contributed by atoms with van der Waals surface area (Å²) in [5, 5.41) is 36.8. The van der Waals surface area contributed by atoms with Crippen molar-refractivity contribution in [3.63, 3.8) is 0 Å². The van der Waals surface area contributed by atoms with Crippen LogP contribution < -0.4 is 14.9 Å². The van der Waals surface area contributed by atoms with Crippen LogP contribution in [0, 0.1) is 46.7 Å². The number of halogens is 13. The number of rotatable bonds is 10. The third-order valence-electron chi connectivity index (χ3n) is 10.5. The predicted octanol–water partition coefficient (Wildman–Crippen LogP) is 13.8. The lowest BCUT2D eigenvalue weighted by Gasteiger charge is -2.22. The van der Waals surface area contributed by atoms with E-state index in [0.717, 1.165) is 81.6 Å². The van der Waals surface area contributed by atoms with Crippen molar-refractivity contribution in [1.82, 2.24) is 0 Å². The molecule has 4 N–H and O–H groups in total. The van der Waals surface area contributed by atoms with Gasteiger partial charge in [-0.25, -0.2) is 17.6 Å². The molecule has 20 heteroatoms. The first-order valence-corrected chi connectivity index (χ1v) is 20.7. The smallest absolute Gasteiger partial charge is 0.504 e. The normalized spacial score (nSPS) is 16.1. The minimum Gasteiger partial charge on any atom is -0.504 e. The van der Waals surface area contributed by atoms with Crippen LogP contribution in [-0.2, 0) is 0 Å². The summed E-state index contributed by atoms with van der Waals surface area (Å²) in [7, 11) is -1.99. The maximum absolute atomic E-state index is 14.7. The number of phenols is 2. The van der Waals surface area contributed by atoms with Crippen molar-refractivity contribution in [3.8, 4) is 34.1 Å². The minimum atomic E-state index is -5.17. The summed E-state index contributed by atoms with van der Waals surface area (Å²) in [5.74, 6) is -11.2. The van der Waals surface area contributed by atoms with E-state index in [9.17, 15) is 57.8 Å². The van der Waals surface area contributed by atoms with E-state index in [2.05, 4.69) is 39.3 Å². The van der Waals surface area contributed by atoms with Crippen LogP contribution in [0.15, 0.2) is 65.2 Å². The Morgan fingerprint density at radius 3 is 1.40 bits per heavy atom. The maximum atomic E-state index is 14.7. The van der Waals surface area contributed by atoms with Gasteiger partial charge in [0.15, 0.2) is 46.3 Å². The summed E-state index contributed by atoms with van der Waals surface area (Å²) in [6.07, 6.45) is 3.02. The Morgan fingerprint density at radius 1 is 0.569 bits per heavy atom. The third kappa shape index (κ3) is 14.6. The molecule has 0 heterocycles. The van der Waals surface area contributed by atoms with Gasteiger partial charge in [-0.05, 0) is 102 Å². The Morgan fingerprint density at radius 2 is 0.969 bits per heavy atom. The van der Waals surface area contributed by atoms with Gasteiger partial charge in [0.05, 0.1) is 4.47 Å². The van der Waals surface area contributed by atoms with Crippen LogP contribution in [0.2, 0.25) is 0 Å². The first kappa shape index (κ1) is 54.5. The van der Waals surface area contributed by atoms with Crippen LogP contribution >= 0.6 is 15.9 Å². The van der Waals surface area contributed by atoms with Gasteiger partial charge in [-0.3, -0.25) is 0 Å². The average Bonchev–Trinajstić information content (AvgIpc) is 3.23. The van der Waals surface area contributed by atoms with Gasteiger partial charge in [0, 0.05) is 27.7 Å². The van der Waals surface area contributed by atoms with Gasteiger partial charge in [0.2, 0.25) is 11.6 Å². The summed E-state index contributed by atoms with van der Waals surface area (Å²) in [6, 6.07) is 8.40. The molecule has 4 aromatic rings. The number of allylic oxidation sites excluding steroid dienone is 4. The molecule has 0 aliphatic heterocycles. The van der Waals surface area contributed by atoms with E-state index < -0.39 is 94.3 Å². The summed E-state index contributed by atoms with van der Waals surface area (Å²) >= 11 is 2.73. The summed E-state index contributed by atoms with van der Waals surface area (Å²) in [4.78, 5) is 0. The van der Waals surface area contributed by atoms with E-state index in [1.165, 1.54) is 24.3 Å². The molecule has 0 saturated heterocycles. The topological polar surface area (TPSA) is 99.4 Å². The van der Waals surface area contributed by atoms with Gasteiger partial charge < -0.3 is 29.7 Å². The monoisotopic (exact) mass is 1000 g/mol. The van der Waals surface area contributed by atoms with Gasteiger partial charge in [-0.15, -0.1) is 26.3 Å². The van der Waals surface area contributed by atoms with Crippen molar-refractivity contribution in [3.05, 3.63) is 111 Å². The van der Waals surface area contributed by atoms with Crippen molar-refractivity contribution in [2.75, 3.05) is 0 Å². The van der Waals surface area contributed by atoms with E-state index in [4.69, 9.17) is 15.2 Å². The Bertz CT molecular complexity index is 2320. The molecule has 2 aliphatic carbocycles. The minimum absolute atomic E-state index is 0. The van der Waals surface area contributed by atoms with Crippen molar-refractivity contribution in [1.29, 1.82) is 0 Å². The van der Waals surface area contributed by atoms with Gasteiger partial charge in [0.25, 0.3) is 0 Å². The highest BCUT2D eigenvalue weighted by atomic mass is 79.9.